The van der Waals surface area contributed by atoms with Crippen LogP contribution >= 0.6 is 0 Å². The summed E-state index contributed by atoms with van der Waals surface area (Å²) in [4.78, 5) is 22.5. The zero-order chi connectivity index (χ0) is 20.7. The minimum atomic E-state index is -0.103. The summed E-state index contributed by atoms with van der Waals surface area (Å²) in [6.07, 6.45) is 12.0. The molecule has 2 aromatic rings. The molecular weight excluding hydrogens is 366 g/mol. The van der Waals surface area contributed by atoms with Gasteiger partial charge in [0.15, 0.2) is 0 Å². The number of unbranched alkanes of at least 4 members (excludes halogenated alkanes) is 4. The molecule has 158 valence electrons. The Morgan fingerprint density at radius 3 is 2.69 bits per heavy atom. The van der Waals surface area contributed by atoms with Crippen LogP contribution in [0.5, 0.6) is 5.75 Å². The molecule has 0 aliphatic heterocycles. The minimum Gasteiger partial charge on any atom is -0.492 e. The van der Waals surface area contributed by atoms with Gasteiger partial charge in [0.05, 0.1) is 31.3 Å². The third kappa shape index (κ3) is 8.50. The largest absolute Gasteiger partial charge is 0.492 e. The van der Waals surface area contributed by atoms with Gasteiger partial charge in [0.25, 0.3) is 0 Å². The smallest absolute Gasteiger partial charge is 0.305 e. The first-order valence-corrected chi connectivity index (χ1v) is 10.7. The Kier molecular flexibility index (Phi) is 10.6. The fraction of sp³-hybridized carbons (Fsp3) is 0.522. The van der Waals surface area contributed by atoms with Gasteiger partial charge in [-0.05, 0) is 38.3 Å². The average molecular weight is 400 g/mol. The van der Waals surface area contributed by atoms with E-state index < -0.39 is 0 Å². The van der Waals surface area contributed by atoms with E-state index in [0.717, 1.165) is 62.3 Å². The van der Waals surface area contributed by atoms with Gasteiger partial charge in [0.1, 0.15) is 11.6 Å². The number of nitrogens with zero attached hydrogens (tertiary/aromatic N) is 3. The van der Waals surface area contributed by atoms with Crippen LogP contribution in [0.3, 0.4) is 0 Å². The lowest BCUT2D eigenvalue weighted by Gasteiger charge is -2.24. The molecule has 29 heavy (non-hydrogen) atoms. The molecule has 0 aromatic carbocycles. The Balaban J connectivity index is 1.93. The second-order valence-corrected chi connectivity index (χ2v) is 6.89. The summed E-state index contributed by atoms with van der Waals surface area (Å²) < 4.78 is 10.8. The predicted molar refractivity (Wildman–Crippen MR) is 116 cm³/mol. The molecule has 0 saturated carbocycles. The van der Waals surface area contributed by atoms with Gasteiger partial charge in [-0.3, -0.25) is 9.78 Å². The van der Waals surface area contributed by atoms with Crippen LogP contribution in [-0.2, 0) is 9.53 Å². The van der Waals surface area contributed by atoms with Crippen LogP contribution in [0.1, 0.15) is 58.8 Å². The van der Waals surface area contributed by atoms with Crippen molar-refractivity contribution in [2.24, 2.45) is 0 Å². The van der Waals surface area contributed by atoms with Gasteiger partial charge in [-0.25, -0.2) is 4.98 Å². The molecule has 0 fully saturated rings. The lowest BCUT2D eigenvalue weighted by atomic mass is 10.1. The standard InChI is InChI=1S/C23H33N3O3/c1-3-5-16-29-21-17-20(18-24-19-21)26(22-12-9-10-14-25-22)15-11-7-6-8-13-23(27)28-4-2/h9-10,12,14,17-19H,3-8,11,13,15-16H2,1-2H3. The highest BCUT2D eigenvalue weighted by Crippen LogP contribution is 2.26. The number of esters is 1. The van der Waals surface area contributed by atoms with Crippen LogP contribution in [0, 0.1) is 0 Å². The van der Waals surface area contributed by atoms with E-state index in [2.05, 4.69) is 21.8 Å². The zero-order valence-corrected chi connectivity index (χ0v) is 17.7. The van der Waals surface area contributed by atoms with Gasteiger partial charge in [-0.15, -0.1) is 0 Å². The maximum atomic E-state index is 11.4. The number of hydrogen-bond donors (Lipinski definition) is 0. The van der Waals surface area contributed by atoms with Crippen molar-refractivity contribution in [1.82, 2.24) is 9.97 Å². The minimum absolute atomic E-state index is 0.103. The van der Waals surface area contributed by atoms with Gasteiger partial charge >= 0.3 is 5.97 Å². The third-order valence-electron chi connectivity index (χ3n) is 4.52. The molecule has 0 saturated heterocycles. The summed E-state index contributed by atoms with van der Waals surface area (Å²) in [5, 5.41) is 0. The van der Waals surface area contributed by atoms with Crippen LogP contribution < -0.4 is 9.64 Å². The average Bonchev–Trinajstić information content (AvgIpc) is 2.74. The van der Waals surface area contributed by atoms with Crippen molar-refractivity contribution in [1.29, 1.82) is 0 Å². The molecule has 2 heterocycles. The zero-order valence-electron chi connectivity index (χ0n) is 17.7. The number of ether oxygens (including phenoxy) is 2. The van der Waals surface area contributed by atoms with Gasteiger partial charge in [0, 0.05) is 25.2 Å². The number of aromatic nitrogens is 2. The molecule has 0 aliphatic rings. The summed E-state index contributed by atoms with van der Waals surface area (Å²) in [5.41, 5.74) is 0.976. The molecule has 2 rings (SSSR count). The molecule has 0 bridgehead atoms. The Labute approximate surface area is 174 Å². The molecule has 0 unspecified atom stereocenters. The lowest BCUT2D eigenvalue weighted by Crippen LogP contribution is -2.20. The molecule has 6 nitrogen and oxygen atoms in total. The summed E-state index contributed by atoms with van der Waals surface area (Å²) >= 11 is 0. The summed E-state index contributed by atoms with van der Waals surface area (Å²) in [6, 6.07) is 7.94. The monoisotopic (exact) mass is 399 g/mol. The van der Waals surface area contributed by atoms with E-state index in [4.69, 9.17) is 9.47 Å². The number of hydrogen-bond acceptors (Lipinski definition) is 6. The number of carbonyl (C=O) groups excluding carboxylic acids is 1. The number of pyridine rings is 2. The van der Waals surface area contributed by atoms with E-state index in [1.807, 2.05) is 37.4 Å². The topological polar surface area (TPSA) is 64.5 Å². The van der Waals surface area contributed by atoms with E-state index in [1.165, 1.54) is 0 Å². The Bertz CT molecular complexity index is 710. The number of carbonyl (C=O) groups is 1. The Morgan fingerprint density at radius 2 is 1.93 bits per heavy atom. The van der Waals surface area contributed by atoms with Crippen LogP contribution in [0.15, 0.2) is 42.9 Å². The first-order chi connectivity index (χ1) is 14.2. The normalized spacial score (nSPS) is 10.6. The highest BCUT2D eigenvalue weighted by molar-refractivity contribution is 5.69. The fourth-order valence-corrected chi connectivity index (χ4v) is 2.98. The van der Waals surface area contributed by atoms with Crippen molar-refractivity contribution in [3.05, 3.63) is 42.9 Å². The Morgan fingerprint density at radius 1 is 1.07 bits per heavy atom. The summed E-state index contributed by atoms with van der Waals surface area (Å²) in [7, 11) is 0. The number of rotatable bonds is 14. The van der Waals surface area contributed by atoms with Crippen molar-refractivity contribution >= 4 is 17.5 Å². The first kappa shape index (κ1) is 22.7. The van der Waals surface area contributed by atoms with Crippen molar-refractivity contribution < 1.29 is 14.3 Å². The van der Waals surface area contributed by atoms with Crippen molar-refractivity contribution in [3.63, 3.8) is 0 Å². The highest BCUT2D eigenvalue weighted by atomic mass is 16.5. The van der Waals surface area contributed by atoms with E-state index in [0.29, 0.717) is 19.6 Å². The maximum absolute atomic E-state index is 11.4. The molecule has 0 radical (unpaired) electrons. The molecule has 2 aromatic heterocycles. The molecule has 0 atom stereocenters. The predicted octanol–water partition coefficient (Wildman–Crippen LogP) is 5.31. The van der Waals surface area contributed by atoms with Crippen LogP contribution in [-0.4, -0.2) is 35.7 Å². The molecular formula is C23H33N3O3. The van der Waals surface area contributed by atoms with E-state index in [1.54, 1.807) is 12.4 Å². The quantitative estimate of drug-likeness (QED) is 0.317. The van der Waals surface area contributed by atoms with Crippen LogP contribution in [0.4, 0.5) is 11.5 Å². The molecule has 0 aliphatic carbocycles. The van der Waals surface area contributed by atoms with Gasteiger partial charge in [0.2, 0.25) is 0 Å². The SMILES string of the molecule is CCCCOc1cncc(N(CCCCCCC(=O)OCC)c2ccccn2)c1. The maximum Gasteiger partial charge on any atom is 0.305 e. The second-order valence-electron chi connectivity index (χ2n) is 6.89. The first-order valence-electron chi connectivity index (χ1n) is 10.7. The van der Waals surface area contributed by atoms with Gasteiger partial charge in [-0.1, -0.05) is 32.3 Å². The van der Waals surface area contributed by atoms with E-state index >= 15 is 0 Å². The van der Waals surface area contributed by atoms with Gasteiger partial charge < -0.3 is 14.4 Å². The molecule has 0 amide bonds. The van der Waals surface area contributed by atoms with Crippen molar-refractivity contribution in [3.8, 4) is 5.75 Å². The fourth-order valence-electron chi connectivity index (χ4n) is 2.98. The van der Waals surface area contributed by atoms with E-state index in [9.17, 15) is 4.79 Å². The van der Waals surface area contributed by atoms with E-state index in [-0.39, 0.29) is 5.97 Å². The van der Waals surface area contributed by atoms with Gasteiger partial charge in [-0.2, -0.15) is 0 Å². The highest BCUT2D eigenvalue weighted by Gasteiger charge is 2.12. The second kappa shape index (κ2) is 13.5. The molecule has 0 spiro atoms. The van der Waals surface area contributed by atoms with Crippen molar-refractivity contribution in [2.75, 3.05) is 24.7 Å². The Hall–Kier alpha value is -2.63. The number of anilines is 2. The third-order valence-corrected chi connectivity index (χ3v) is 4.52. The molecule has 6 heteroatoms. The molecule has 0 N–H and O–H groups in total. The summed E-state index contributed by atoms with van der Waals surface area (Å²) in [5.74, 6) is 1.58. The van der Waals surface area contributed by atoms with Crippen molar-refractivity contribution in [2.45, 2.75) is 58.8 Å². The van der Waals surface area contributed by atoms with Crippen LogP contribution in [0.2, 0.25) is 0 Å². The summed E-state index contributed by atoms with van der Waals surface area (Å²) in [6.45, 7) is 5.96. The van der Waals surface area contributed by atoms with Crippen LogP contribution in [0.25, 0.3) is 0 Å². The lowest BCUT2D eigenvalue weighted by molar-refractivity contribution is -0.143.